The van der Waals surface area contributed by atoms with Gasteiger partial charge in [0, 0.05) is 43.6 Å². The smallest absolute Gasteiger partial charge is 0.166 e. The molecule has 1 aromatic carbocycles. The first kappa shape index (κ1) is 13.0. The molecule has 0 amide bonds. The van der Waals surface area contributed by atoms with E-state index >= 15 is 0 Å². The van der Waals surface area contributed by atoms with Crippen LogP contribution in [0.1, 0.15) is 21.6 Å². The molecule has 1 aromatic heterocycles. The van der Waals surface area contributed by atoms with Crippen LogP contribution in [0.2, 0.25) is 0 Å². The van der Waals surface area contributed by atoms with Gasteiger partial charge in [-0.1, -0.05) is 6.07 Å². The van der Waals surface area contributed by atoms with Crippen LogP contribution in [-0.4, -0.2) is 54.3 Å². The lowest BCUT2D eigenvalue weighted by atomic mass is 9.94. The second-order valence-corrected chi connectivity index (χ2v) is 6.58. The highest BCUT2D eigenvalue weighted by atomic mass is 16.1. The number of rotatable bonds is 3. The number of hydrogen-bond donors (Lipinski definition) is 1. The lowest BCUT2D eigenvalue weighted by molar-refractivity contribution is 0.0856. The predicted octanol–water partition coefficient (Wildman–Crippen LogP) is 1.90. The van der Waals surface area contributed by atoms with Crippen molar-refractivity contribution < 1.29 is 4.79 Å². The van der Waals surface area contributed by atoms with Gasteiger partial charge < -0.3 is 9.88 Å². The van der Waals surface area contributed by atoms with Gasteiger partial charge in [-0.05, 0) is 42.6 Å². The molecule has 0 atom stereocenters. The molecular weight excluding hydrogens is 262 g/mol. The molecule has 0 aliphatic carbocycles. The SMILES string of the molecule is CN1CC(CN2CCc3c(ccc4[nH]c(C=O)cc34)C2)C1. The first-order chi connectivity index (χ1) is 10.2. The first-order valence-electron chi connectivity index (χ1n) is 7.72. The summed E-state index contributed by atoms with van der Waals surface area (Å²) in [7, 11) is 2.19. The lowest BCUT2D eigenvalue weighted by Gasteiger charge is -2.40. The molecule has 4 rings (SSSR count). The molecule has 1 saturated heterocycles. The maximum absolute atomic E-state index is 10.9. The van der Waals surface area contributed by atoms with E-state index in [0.29, 0.717) is 5.69 Å². The van der Waals surface area contributed by atoms with Crippen LogP contribution < -0.4 is 0 Å². The Balaban J connectivity index is 1.56. The summed E-state index contributed by atoms with van der Waals surface area (Å²) in [6.45, 7) is 5.88. The number of aldehydes is 1. The van der Waals surface area contributed by atoms with E-state index in [9.17, 15) is 4.79 Å². The number of nitrogens with zero attached hydrogens (tertiary/aromatic N) is 2. The Morgan fingerprint density at radius 3 is 3.00 bits per heavy atom. The van der Waals surface area contributed by atoms with E-state index in [1.807, 2.05) is 6.07 Å². The van der Waals surface area contributed by atoms with Crippen LogP contribution in [0, 0.1) is 5.92 Å². The number of aromatic amines is 1. The van der Waals surface area contributed by atoms with Gasteiger partial charge >= 0.3 is 0 Å². The zero-order valence-corrected chi connectivity index (χ0v) is 12.4. The van der Waals surface area contributed by atoms with Crippen molar-refractivity contribution in [3.8, 4) is 0 Å². The average molecular weight is 283 g/mol. The number of aromatic nitrogens is 1. The van der Waals surface area contributed by atoms with Crippen LogP contribution in [0.5, 0.6) is 0 Å². The Morgan fingerprint density at radius 1 is 1.38 bits per heavy atom. The van der Waals surface area contributed by atoms with Gasteiger partial charge in [0.25, 0.3) is 0 Å². The van der Waals surface area contributed by atoms with Crippen molar-refractivity contribution in [2.75, 3.05) is 33.2 Å². The van der Waals surface area contributed by atoms with Crippen LogP contribution in [0.3, 0.4) is 0 Å². The fourth-order valence-corrected chi connectivity index (χ4v) is 3.89. The molecule has 110 valence electrons. The molecule has 0 unspecified atom stereocenters. The highest BCUT2D eigenvalue weighted by Crippen LogP contribution is 2.29. The monoisotopic (exact) mass is 283 g/mol. The molecule has 4 nitrogen and oxygen atoms in total. The van der Waals surface area contributed by atoms with E-state index in [1.54, 1.807) is 0 Å². The number of likely N-dealkylation sites (tertiary alicyclic amines) is 1. The first-order valence-corrected chi connectivity index (χ1v) is 7.72. The topological polar surface area (TPSA) is 39.3 Å². The summed E-state index contributed by atoms with van der Waals surface area (Å²) in [4.78, 5) is 19.1. The van der Waals surface area contributed by atoms with Crippen molar-refractivity contribution in [2.45, 2.75) is 13.0 Å². The van der Waals surface area contributed by atoms with Crippen molar-refractivity contribution in [1.82, 2.24) is 14.8 Å². The van der Waals surface area contributed by atoms with Crippen LogP contribution >= 0.6 is 0 Å². The summed E-state index contributed by atoms with van der Waals surface area (Å²) in [5.41, 5.74) is 4.62. The van der Waals surface area contributed by atoms with E-state index in [2.05, 4.69) is 34.0 Å². The second kappa shape index (κ2) is 4.97. The van der Waals surface area contributed by atoms with E-state index in [1.165, 1.54) is 36.1 Å². The second-order valence-electron chi connectivity index (χ2n) is 6.58. The maximum Gasteiger partial charge on any atom is 0.166 e. The molecule has 1 fully saturated rings. The van der Waals surface area contributed by atoms with Crippen molar-refractivity contribution in [3.05, 3.63) is 35.0 Å². The van der Waals surface area contributed by atoms with Gasteiger partial charge in [0.1, 0.15) is 0 Å². The molecule has 2 aliphatic rings. The minimum atomic E-state index is 0.679. The third-order valence-electron chi connectivity index (χ3n) is 4.89. The molecule has 21 heavy (non-hydrogen) atoms. The molecule has 0 bridgehead atoms. The van der Waals surface area contributed by atoms with Crippen molar-refractivity contribution in [3.63, 3.8) is 0 Å². The molecule has 2 aromatic rings. The highest BCUT2D eigenvalue weighted by Gasteiger charge is 2.27. The predicted molar refractivity (Wildman–Crippen MR) is 83.7 cm³/mol. The molecule has 3 heterocycles. The van der Waals surface area contributed by atoms with Gasteiger partial charge in [-0.25, -0.2) is 0 Å². The van der Waals surface area contributed by atoms with Gasteiger partial charge in [0.05, 0.1) is 5.69 Å². The number of benzene rings is 1. The third-order valence-corrected chi connectivity index (χ3v) is 4.89. The minimum Gasteiger partial charge on any atom is -0.352 e. The largest absolute Gasteiger partial charge is 0.352 e. The Labute approximate surface area is 124 Å². The maximum atomic E-state index is 10.9. The van der Waals surface area contributed by atoms with Gasteiger partial charge in [-0.15, -0.1) is 0 Å². The zero-order chi connectivity index (χ0) is 14.4. The lowest BCUT2D eigenvalue weighted by Crippen LogP contribution is -2.49. The fraction of sp³-hybridized carbons (Fsp3) is 0.471. The van der Waals surface area contributed by atoms with Gasteiger partial charge in [-0.2, -0.15) is 0 Å². The summed E-state index contributed by atoms with van der Waals surface area (Å²) in [5, 5.41) is 1.23. The number of carbonyl (C=O) groups excluding carboxylic acids is 1. The quantitative estimate of drug-likeness (QED) is 0.875. The fourth-order valence-electron chi connectivity index (χ4n) is 3.89. The minimum absolute atomic E-state index is 0.679. The van der Waals surface area contributed by atoms with Gasteiger partial charge in [0.15, 0.2) is 6.29 Å². The van der Waals surface area contributed by atoms with Gasteiger partial charge in [-0.3, -0.25) is 9.69 Å². The van der Waals surface area contributed by atoms with Crippen LogP contribution in [0.4, 0.5) is 0 Å². The van der Waals surface area contributed by atoms with Crippen LogP contribution in [-0.2, 0) is 13.0 Å². The van der Waals surface area contributed by atoms with E-state index in [4.69, 9.17) is 0 Å². The summed E-state index contributed by atoms with van der Waals surface area (Å²) in [6.07, 6.45) is 1.99. The van der Waals surface area contributed by atoms with Crippen LogP contribution in [0.15, 0.2) is 18.2 Å². The van der Waals surface area contributed by atoms with E-state index in [0.717, 1.165) is 37.2 Å². The molecule has 0 radical (unpaired) electrons. The van der Waals surface area contributed by atoms with Crippen molar-refractivity contribution in [2.24, 2.45) is 5.92 Å². The number of hydrogen-bond acceptors (Lipinski definition) is 3. The highest BCUT2D eigenvalue weighted by molar-refractivity contribution is 5.90. The summed E-state index contributed by atoms with van der Waals surface area (Å²) < 4.78 is 0. The Morgan fingerprint density at radius 2 is 2.24 bits per heavy atom. The molecule has 2 aliphatic heterocycles. The number of carbonyl (C=O) groups is 1. The van der Waals surface area contributed by atoms with Gasteiger partial charge in [0.2, 0.25) is 0 Å². The number of nitrogens with one attached hydrogen (secondary N) is 1. The van der Waals surface area contributed by atoms with E-state index < -0.39 is 0 Å². The zero-order valence-electron chi connectivity index (χ0n) is 12.4. The Kier molecular flexibility index (Phi) is 3.08. The molecule has 0 spiro atoms. The molecule has 1 N–H and O–H groups in total. The molecule has 4 heteroatoms. The summed E-state index contributed by atoms with van der Waals surface area (Å²) in [6, 6.07) is 6.33. The third kappa shape index (κ3) is 2.28. The summed E-state index contributed by atoms with van der Waals surface area (Å²) in [5.74, 6) is 0.842. The van der Waals surface area contributed by atoms with Crippen molar-refractivity contribution in [1.29, 1.82) is 0 Å². The Bertz CT molecular complexity index is 685. The summed E-state index contributed by atoms with van der Waals surface area (Å²) >= 11 is 0. The molecule has 0 saturated carbocycles. The Hall–Kier alpha value is -1.65. The number of H-pyrrole nitrogens is 1. The standard InChI is InChI=1S/C17H21N3O/c1-19-7-12(8-19)9-20-5-4-15-13(10-20)2-3-17-16(15)6-14(11-21)18-17/h2-3,6,11-12,18H,4-5,7-10H2,1H3. The van der Waals surface area contributed by atoms with E-state index in [-0.39, 0.29) is 0 Å². The molecular formula is C17H21N3O. The number of fused-ring (bicyclic) bond motifs is 3. The van der Waals surface area contributed by atoms with Crippen molar-refractivity contribution >= 4 is 17.2 Å². The van der Waals surface area contributed by atoms with Crippen LogP contribution in [0.25, 0.3) is 10.9 Å². The average Bonchev–Trinajstić information content (AvgIpc) is 2.89. The normalized spacial score (nSPS) is 20.4.